The normalized spacial score (nSPS) is 15.9. The van der Waals surface area contributed by atoms with Crippen LogP contribution in [-0.4, -0.2) is 36.0 Å². The van der Waals surface area contributed by atoms with Gasteiger partial charge < -0.3 is 15.8 Å². The summed E-state index contributed by atoms with van der Waals surface area (Å²) in [5.74, 6) is 1.12. The zero-order chi connectivity index (χ0) is 22.9. The van der Waals surface area contributed by atoms with Gasteiger partial charge in [-0.3, -0.25) is 14.4 Å². The molecule has 3 N–H and O–H groups in total. The van der Waals surface area contributed by atoms with Crippen molar-refractivity contribution in [2.24, 2.45) is 10.9 Å². The van der Waals surface area contributed by atoms with Gasteiger partial charge in [0.05, 0.1) is 13.2 Å². The second-order valence-corrected chi connectivity index (χ2v) is 8.33. The van der Waals surface area contributed by atoms with Gasteiger partial charge in [0.15, 0.2) is 5.65 Å². The second-order valence-electron chi connectivity index (χ2n) is 8.33. The van der Waals surface area contributed by atoms with Crippen molar-refractivity contribution in [3.8, 4) is 17.0 Å². The van der Waals surface area contributed by atoms with E-state index in [9.17, 15) is 4.79 Å². The van der Waals surface area contributed by atoms with Crippen LogP contribution in [0, 0.1) is 5.92 Å². The number of dihydropyridines is 1. The Bertz CT molecular complexity index is 1380. The number of pyridine rings is 2. The summed E-state index contributed by atoms with van der Waals surface area (Å²) in [5, 5.41) is 4.35. The number of nitrogens with two attached hydrogens (primary N) is 1. The zero-order valence-corrected chi connectivity index (χ0v) is 18.8. The van der Waals surface area contributed by atoms with E-state index in [-0.39, 0.29) is 5.56 Å². The molecule has 0 amide bonds. The number of hydrogen-bond acceptors (Lipinski definition) is 6. The van der Waals surface area contributed by atoms with E-state index in [0.717, 1.165) is 22.2 Å². The summed E-state index contributed by atoms with van der Waals surface area (Å²) >= 11 is 0. The first-order chi connectivity index (χ1) is 16.1. The number of rotatable bonds is 6. The van der Waals surface area contributed by atoms with E-state index >= 15 is 0 Å². The van der Waals surface area contributed by atoms with Crippen LogP contribution < -0.4 is 21.3 Å². The molecule has 0 unspecified atom stereocenters. The van der Waals surface area contributed by atoms with Crippen molar-refractivity contribution >= 4 is 28.6 Å². The maximum atomic E-state index is 13.9. The monoisotopic (exact) mass is 441 g/mol. The Labute approximate surface area is 192 Å². The molecule has 2 aromatic heterocycles. The minimum Gasteiger partial charge on any atom is -0.478 e. The summed E-state index contributed by atoms with van der Waals surface area (Å²) in [4.78, 5) is 22.6. The van der Waals surface area contributed by atoms with Crippen molar-refractivity contribution in [3.05, 3.63) is 70.2 Å². The molecule has 0 spiro atoms. The fourth-order valence-corrected chi connectivity index (χ4v) is 4.19. The van der Waals surface area contributed by atoms with Crippen molar-refractivity contribution in [2.75, 3.05) is 25.9 Å². The second kappa shape index (κ2) is 8.58. The number of aliphatic imine (C=N–C) groups is 1. The average molecular weight is 442 g/mol. The Morgan fingerprint density at radius 3 is 2.79 bits per heavy atom. The third kappa shape index (κ3) is 4.02. The summed E-state index contributed by atoms with van der Waals surface area (Å²) in [6, 6.07) is 11.2. The Morgan fingerprint density at radius 2 is 2.09 bits per heavy atom. The number of ether oxygens (including phenoxy) is 1. The van der Waals surface area contributed by atoms with E-state index in [1.807, 2.05) is 49.4 Å². The molecule has 0 bridgehead atoms. The molecule has 0 saturated heterocycles. The Balaban J connectivity index is 1.73. The molecular formula is C26H27N5O2. The Kier molecular flexibility index (Phi) is 5.46. The molecule has 168 valence electrons. The van der Waals surface area contributed by atoms with Crippen LogP contribution in [0.4, 0.5) is 5.69 Å². The molecule has 1 aliphatic carbocycles. The number of anilines is 1. The average Bonchev–Trinajstić information content (AvgIpc) is 3.67. The number of hydrogen-bond donors (Lipinski definition) is 2. The lowest BCUT2D eigenvalue weighted by atomic mass is 10.0. The van der Waals surface area contributed by atoms with Crippen LogP contribution in [0.25, 0.3) is 27.9 Å². The Hall–Kier alpha value is -3.87. The first-order valence-electron chi connectivity index (χ1n) is 11.3. The topological polar surface area (TPSA) is 94.5 Å². The van der Waals surface area contributed by atoms with Crippen LogP contribution in [0.3, 0.4) is 0 Å². The predicted molar refractivity (Wildman–Crippen MR) is 134 cm³/mol. The van der Waals surface area contributed by atoms with Gasteiger partial charge in [0.1, 0.15) is 0 Å². The third-order valence-corrected chi connectivity index (χ3v) is 6.02. The number of nitrogens with one attached hydrogen (secondary N) is 1. The van der Waals surface area contributed by atoms with Gasteiger partial charge in [-0.25, -0.2) is 0 Å². The molecule has 3 aromatic rings. The summed E-state index contributed by atoms with van der Waals surface area (Å²) in [6.45, 7) is 2.99. The van der Waals surface area contributed by atoms with Gasteiger partial charge >= 0.3 is 0 Å². The van der Waals surface area contributed by atoms with Crippen molar-refractivity contribution in [2.45, 2.75) is 19.8 Å². The molecule has 1 aliphatic heterocycles. The maximum Gasteiger partial charge on any atom is 0.264 e. The molecule has 1 saturated carbocycles. The number of fused-ring (bicyclic) bond motifs is 1. The molecule has 33 heavy (non-hydrogen) atoms. The fraction of sp³-hybridized carbons (Fsp3) is 0.269. The van der Waals surface area contributed by atoms with E-state index in [1.165, 1.54) is 18.5 Å². The summed E-state index contributed by atoms with van der Waals surface area (Å²) in [6.07, 6.45) is 8.27. The minimum atomic E-state index is -0.135. The van der Waals surface area contributed by atoms with Gasteiger partial charge in [-0.2, -0.15) is 4.98 Å². The number of nitrogen functional groups attached to an aromatic ring is 1. The fourth-order valence-electron chi connectivity index (χ4n) is 4.19. The molecule has 0 atom stereocenters. The SMILES string of the molecule is CCOc1ccc2cc(-c3ccc(N)c(C=NC)c3)c(=O)n(C3=CC=C(C4CC4)NC3)c2n1. The van der Waals surface area contributed by atoms with E-state index in [4.69, 9.17) is 10.5 Å². The summed E-state index contributed by atoms with van der Waals surface area (Å²) in [7, 11) is 1.70. The number of nitrogens with zero attached hydrogens (tertiary/aromatic N) is 3. The molecule has 0 radical (unpaired) electrons. The maximum absolute atomic E-state index is 13.9. The molecule has 2 aliphatic rings. The van der Waals surface area contributed by atoms with Gasteiger partial charge in [0, 0.05) is 52.9 Å². The van der Waals surface area contributed by atoms with E-state index in [0.29, 0.717) is 41.8 Å². The first kappa shape index (κ1) is 21.0. The molecule has 1 fully saturated rings. The third-order valence-electron chi connectivity index (χ3n) is 6.02. The smallest absolute Gasteiger partial charge is 0.264 e. The van der Waals surface area contributed by atoms with Gasteiger partial charge in [0.25, 0.3) is 5.56 Å². The number of benzene rings is 1. The highest BCUT2D eigenvalue weighted by molar-refractivity contribution is 5.91. The van der Waals surface area contributed by atoms with E-state index in [2.05, 4.69) is 21.4 Å². The van der Waals surface area contributed by atoms with Crippen LogP contribution in [0.1, 0.15) is 25.3 Å². The summed E-state index contributed by atoms with van der Waals surface area (Å²) < 4.78 is 7.32. The lowest BCUT2D eigenvalue weighted by Gasteiger charge is -2.21. The molecular weight excluding hydrogens is 414 g/mol. The zero-order valence-electron chi connectivity index (χ0n) is 18.8. The van der Waals surface area contributed by atoms with E-state index < -0.39 is 0 Å². The van der Waals surface area contributed by atoms with Crippen molar-refractivity contribution in [1.29, 1.82) is 0 Å². The molecule has 3 heterocycles. The predicted octanol–water partition coefficient (Wildman–Crippen LogP) is 3.83. The quantitative estimate of drug-likeness (QED) is 0.448. The van der Waals surface area contributed by atoms with Crippen LogP contribution >= 0.6 is 0 Å². The standard InChI is InChI=1S/C26H27N5O2/c1-3-33-24-11-7-18-13-21(17-6-9-22(27)19(12-17)14-28-2)26(32)31(25(18)30-24)20-8-10-23(29-15-20)16-4-5-16/h6-14,16,29H,3-5,15,27H2,1-2H3. The number of aromatic nitrogens is 2. The Morgan fingerprint density at radius 1 is 1.24 bits per heavy atom. The molecule has 1 aromatic carbocycles. The molecule has 5 rings (SSSR count). The highest BCUT2D eigenvalue weighted by Crippen LogP contribution is 2.36. The van der Waals surface area contributed by atoms with Crippen LogP contribution in [-0.2, 0) is 0 Å². The van der Waals surface area contributed by atoms with Crippen LogP contribution in [0.2, 0.25) is 0 Å². The van der Waals surface area contributed by atoms with Crippen molar-refractivity contribution in [1.82, 2.24) is 14.9 Å². The highest BCUT2D eigenvalue weighted by atomic mass is 16.5. The van der Waals surface area contributed by atoms with Gasteiger partial charge in [-0.1, -0.05) is 6.07 Å². The van der Waals surface area contributed by atoms with Gasteiger partial charge in [0.2, 0.25) is 5.88 Å². The van der Waals surface area contributed by atoms with E-state index in [1.54, 1.807) is 17.8 Å². The highest BCUT2D eigenvalue weighted by Gasteiger charge is 2.27. The minimum absolute atomic E-state index is 0.135. The van der Waals surface area contributed by atoms with Gasteiger partial charge in [-0.15, -0.1) is 0 Å². The van der Waals surface area contributed by atoms with Crippen LogP contribution in [0.15, 0.2) is 64.0 Å². The molecule has 7 nitrogen and oxygen atoms in total. The van der Waals surface area contributed by atoms with Crippen LogP contribution in [0.5, 0.6) is 5.88 Å². The lowest BCUT2D eigenvalue weighted by molar-refractivity contribution is 0.328. The lowest BCUT2D eigenvalue weighted by Crippen LogP contribution is -2.29. The van der Waals surface area contributed by atoms with Crippen molar-refractivity contribution in [3.63, 3.8) is 0 Å². The van der Waals surface area contributed by atoms with Gasteiger partial charge in [-0.05, 0) is 67.7 Å². The summed E-state index contributed by atoms with van der Waals surface area (Å²) in [5.41, 5.74) is 11.4. The first-order valence-corrected chi connectivity index (χ1v) is 11.3. The molecule has 7 heteroatoms. The van der Waals surface area contributed by atoms with Crippen molar-refractivity contribution < 1.29 is 4.74 Å². The largest absolute Gasteiger partial charge is 0.478 e. The number of allylic oxidation sites excluding steroid dienone is 3.